The van der Waals surface area contributed by atoms with Crippen LogP contribution in [0, 0.1) is 5.92 Å². The number of anilines is 1. The smallest absolute Gasteiger partial charge is 0.337 e. The van der Waals surface area contributed by atoms with E-state index >= 15 is 0 Å². The number of likely N-dealkylation sites (tertiary alicyclic amines) is 1. The summed E-state index contributed by atoms with van der Waals surface area (Å²) in [6.45, 7) is 8.33. The lowest BCUT2D eigenvalue weighted by Crippen LogP contribution is -2.35. The molecule has 0 aromatic heterocycles. The molecule has 2 aromatic rings. The second-order valence-corrected chi connectivity index (χ2v) is 8.95. The molecular weight excluding hydrogens is 376 g/mol. The number of aromatic carboxylic acids is 1. The van der Waals surface area contributed by atoms with Crippen molar-refractivity contribution in [3.8, 4) is 5.75 Å². The van der Waals surface area contributed by atoms with Crippen molar-refractivity contribution < 1.29 is 14.6 Å². The second-order valence-electron chi connectivity index (χ2n) is 8.95. The van der Waals surface area contributed by atoms with E-state index in [0.717, 1.165) is 54.7 Å². The van der Waals surface area contributed by atoms with Crippen LogP contribution in [0.3, 0.4) is 0 Å². The maximum absolute atomic E-state index is 11.9. The summed E-state index contributed by atoms with van der Waals surface area (Å²) in [6, 6.07) is 9.75. The maximum atomic E-state index is 11.9. The van der Waals surface area contributed by atoms with Gasteiger partial charge in [-0.2, -0.15) is 0 Å². The van der Waals surface area contributed by atoms with Gasteiger partial charge >= 0.3 is 5.97 Å². The maximum Gasteiger partial charge on any atom is 0.337 e. The number of benzene rings is 2. The van der Waals surface area contributed by atoms with E-state index in [9.17, 15) is 9.90 Å². The first kappa shape index (κ1) is 21.0. The first-order valence-electron chi connectivity index (χ1n) is 11.5. The summed E-state index contributed by atoms with van der Waals surface area (Å²) in [6.07, 6.45) is 7.36. The standard InChI is InChI=1S/C25H34N2O3/c1-19-7-5-15-27(18-19)24-22-11-9-21(17-20(22)8-10-23(24)25(28)29)30-16-6-14-26-12-3-2-4-13-26/h8-11,17,19H,2-7,12-16,18H2,1H3,(H,28,29). The number of hydrogen-bond acceptors (Lipinski definition) is 4. The Hall–Kier alpha value is -2.27. The van der Waals surface area contributed by atoms with Crippen LogP contribution in [0.2, 0.25) is 0 Å². The van der Waals surface area contributed by atoms with E-state index in [1.165, 1.54) is 38.8 Å². The Bertz CT molecular complexity index is 876. The van der Waals surface area contributed by atoms with Gasteiger partial charge in [-0.3, -0.25) is 0 Å². The number of fused-ring (bicyclic) bond motifs is 1. The van der Waals surface area contributed by atoms with Crippen molar-refractivity contribution in [2.75, 3.05) is 44.2 Å². The monoisotopic (exact) mass is 410 g/mol. The molecule has 2 aliphatic rings. The minimum atomic E-state index is -0.858. The average Bonchev–Trinajstić information content (AvgIpc) is 2.76. The molecule has 5 nitrogen and oxygen atoms in total. The van der Waals surface area contributed by atoms with Gasteiger partial charge in [-0.05, 0) is 80.8 Å². The number of rotatable bonds is 7. The van der Waals surface area contributed by atoms with Crippen LogP contribution in [0.15, 0.2) is 30.3 Å². The molecule has 30 heavy (non-hydrogen) atoms. The predicted molar refractivity (Wildman–Crippen MR) is 122 cm³/mol. The van der Waals surface area contributed by atoms with E-state index in [-0.39, 0.29) is 0 Å². The largest absolute Gasteiger partial charge is 0.494 e. The summed E-state index contributed by atoms with van der Waals surface area (Å²) in [5.74, 6) is 0.587. The zero-order valence-corrected chi connectivity index (χ0v) is 18.1. The van der Waals surface area contributed by atoms with Gasteiger partial charge in [-0.25, -0.2) is 4.79 Å². The van der Waals surface area contributed by atoms with Gasteiger partial charge < -0.3 is 19.6 Å². The molecule has 0 saturated carbocycles. The molecule has 0 spiro atoms. The molecule has 5 heteroatoms. The van der Waals surface area contributed by atoms with E-state index in [4.69, 9.17) is 4.74 Å². The van der Waals surface area contributed by atoms with Gasteiger partial charge in [0.2, 0.25) is 0 Å². The fourth-order valence-electron chi connectivity index (χ4n) is 4.95. The van der Waals surface area contributed by atoms with Gasteiger partial charge in [0.1, 0.15) is 5.75 Å². The summed E-state index contributed by atoms with van der Waals surface area (Å²) in [5, 5.41) is 11.8. The van der Waals surface area contributed by atoms with E-state index in [1.54, 1.807) is 6.07 Å². The van der Waals surface area contributed by atoms with Crippen LogP contribution in [-0.2, 0) is 0 Å². The number of piperidine rings is 2. The lowest BCUT2D eigenvalue weighted by molar-refractivity contribution is 0.0697. The van der Waals surface area contributed by atoms with Gasteiger partial charge in [0.25, 0.3) is 0 Å². The van der Waals surface area contributed by atoms with Crippen LogP contribution in [0.1, 0.15) is 55.8 Å². The lowest BCUT2D eigenvalue weighted by atomic mass is 9.96. The number of carboxylic acids is 1. The van der Waals surface area contributed by atoms with Crippen LogP contribution in [0.5, 0.6) is 5.75 Å². The lowest BCUT2D eigenvalue weighted by Gasteiger charge is -2.34. The van der Waals surface area contributed by atoms with E-state index < -0.39 is 5.97 Å². The van der Waals surface area contributed by atoms with Crippen molar-refractivity contribution >= 4 is 22.4 Å². The van der Waals surface area contributed by atoms with Crippen molar-refractivity contribution in [3.05, 3.63) is 35.9 Å². The summed E-state index contributed by atoms with van der Waals surface area (Å²) in [4.78, 5) is 16.7. The van der Waals surface area contributed by atoms with Crippen molar-refractivity contribution in [1.82, 2.24) is 4.90 Å². The van der Waals surface area contributed by atoms with Crippen molar-refractivity contribution in [2.24, 2.45) is 5.92 Å². The van der Waals surface area contributed by atoms with Gasteiger partial charge in [0.15, 0.2) is 0 Å². The molecule has 0 radical (unpaired) electrons. The zero-order chi connectivity index (χ0) is 20.9. The Morgan fingerprint density at radius 1 is 1.10 bits per heavy atom. The van der Waals surface area contributed by atoms with E-state index in [1.807, 2.05) is 18.2 Å². The third kappa shape index (κ3) is 4.89. The normalized spacial score (nSPS) is 20.4. The predicted octanol–water partition coefficient (Wildman–Crippen LogP) is 5.03. The molecule has 2 heterocycles. The Labute approximate surface area is 179 Å². The highest BCUT2D eigenvalue weighted by Gasteiger charge is 2.23. The molecule has 2 aliphatic heterocycles. The Morgan fingerprint density at radius 3 is 2.70 bits per heavy atom. The number of ether oxygens (including phenoxy) is 1. The van der Waals surface area contributed by atoms with Crippen LogP contribution >= 0.6 is 0 Å². The molecule has 0 bridgehead atoms. The van der Waals surface area contributed by atoms with Crippen molar-refractivity contribution in [3.63, 3.8) is 0 Å². The summed E-state index contributed by atoms with van der Waals surface area (Å²) < 4.78 is 6.03. The second kappa shape index (κ2) is 9.69. The molecule has 1 N–H and O–H groups in total. The highest BCUT2D eigenvalue weighted by atomic mass is 16.5. The minimum Gasteiger partial charge on any atom is -0.494 e. The molecule has 1 atom stereocenters. The Morgan fingerprint density at radius 2 is 1.93 bits per heavy atom. The van der Waals surface area contributed by atoms with Crippen molar-refractivity contribution in [1.29, 1.82) is 0 Å². The molecule has 2 aromatic carbocycles. The highest BCUT2D eigenvalue weighted by molar-refractivity contribution is 6.06. The number of carboxylic acid groups (broad SMARTS) is 1. The Kier molecular flexibility index (Phi) is 6.78. The van der Waals surface area contributed by atoms with Gasteiger partial charge in [-0.1, -0.05) is 19.4 Å². The van der Waals surface area contributed by atoms with Gasteiger partial charge in [-0.15, -0.1) is 0 Å². The number of nitrogens with zero attached hydrogens (tertiary/aromatic N) is 2. The molecule has 162 valence electrons. The van der Waals surface area contributed by atoms with Crippen LogP contribution in [-0.4, -0.2) is 55.3 Å². The van der Waals surface area contributed by atoms with Crippen molar-refractivity contribution in [2.45, 2.75) is 45.4 Å². The SMILES string of the molecule is CC1CCCN(c2c(C(=O)O)ccc3cc(OCCCN4CCCCC4)ccc23)C1. The van der Waals surface area contributed by atoms with Gasteiger partial charge in [0, 0.05) is 25.0 Å². The quantitative estimate of drug-likeness (QED) is 0.649. The molecule has 0 amide bonds. The Balaban J connectivity index is 1.48. The average molecular weight is 411 g/mol. The minimum absolute atomic E-state index is 0.395. The van der Waals surface area contributed by atoms with Gasteiger partial charge in [0.05, 0.1) is 17.9 Å². The summed E-state index contributed by atoms with van der Waals surface area (Å²) >= 11 is 0. The molecule has 2 fully saturated rings. The van der Waals surface area contributed by atoms with E-state index in [0.29, 0.717) is 18.1 Å². The van der Waals surface area contributed by atoms with Crippen LogP contribution in [0.25, 0.3) is 10.8 Å². The topological polar surface area (TPSA) is 53.0 Å². The molecule has 4 rings (SSSR count). The third-order valence-corrected chi connectivity index (χ3v) is 6.50. The molecule has 2 saturated heterocycles. The fraction of sp³-hybridized carbons (Fsp3) is 0.560. The van der Waals surface area contributed by atoms with E-state index in [2.05, 4.69) is 22.8 Å². The first-order valence-corrected chi connectivity index (χ1v) is 11.5. The molecular formula is C25H34N2O3. The number of hydrogen-bond donors (Lipinski definition) is 1. The summed E-state index contributed by atoms with van der Waals surface area (Å²) in [7, 11) is 0. The highest BCUT2D eigenvalue weighted by Crippen LogP contribution is 2.35. The van der Waals surface area contributed by atoms with Crippen LogP contribution < -0.4 is 9.64 Å². The first-order chi connectivity index (χ1) is 14.6. The fourth-order valence-corrected chi connectivity index (χ4v) is 4.95. The molecule has 0 aliphatic carbocycles. The van der Waals surface area contributed by atoms with Crippen LogP contribution in [0.4, 0.5) is 5.69 Å². The number of carbonyl (C=O) groups is 1. The molecule has 1 unspecified atom stereocenters. The zero-order valence-electron chi connectivity index (χ0n) is 18.1. The third-order valence-electron chi connectivity index (χ3n) is 6.50. The summed E-state index contributed by atoms with van der Waals surface area (Å²) in [5.41, 5.74) is 1.26.